The van der Waals surface area contributed by atoms with Crippen molar-refractivity contribution in [2.24, 2.45) is 10.8 Å². The van der Waals surface area contributed by atoms with E-state index in [0.29, 0.717) is 16.6 Å². The third kappa shape index (κ3) is 4.10. The highest BCUT2D eigenvalue weighted by atomic mass is 32.1. The van der Waals surface area contributed by atoms with Crippen molar-refractivity contribution >= 4 is 28.9 Å². The van der Waals surface area contributed by atoms with Crippen molar-refractivity contribution in [3.63, 3.8) is 0 Å². The first kappa shape index (κ1) is 16.0. The van der Waals surface area contributed by atoms with Crippen LogP contribution in [0.4, 0.5) is 5.69 Å². The van der Waals surface area contributed by atoms with E-state index in [4.69, 9.17) is 18.0 Å². The summed E-state index contributed by atoms with van der Waals surface area (Å²) in [5.41, 5.74) is 10.8. The van der Waals surface area contributed by atoms with E-state index in [9.17, 15) is 0 Å². The van der Waals surface area contributed by atoms with E-state index in [0.717, 1.165) is 31.9 Å². The van der Waals surface area contributed by atoms with Crippen LogP contribution in [0.3, 0.4) is 0 Å². The fraction of sp³-hybridized carbons (Fsp3) is 0.562. The molecule has 1 aromatic heterocycles. The van der Waals surface area contributed by atoms with E-state index in [2.05, 4.69) is 25.3 Å². The Labute approximate surface area is 142 Å². The van der Waals surface area contributed by atoms with Gasteiger partial charge in [-0.1, -0.05) is 0 Å². The van der Waals surface area contributed by atoms with Crippen molar-refractivity contribution in [1.29, 1.82) is 0 Å². The SMILES string of the molecule is N/C(=N\NC(=S)N1CCCCC1)c1cc(N2CCCC2)ccn1. The summed E-state index contributed by atoms with van der Waals surface area (Å²) in [6.45, 7) is 4.17. The van der Waals surface area contributed by atoms with Gasteiger partial charge < -0.3 is 15.5 Å². The number of pyridine rings is 1. The molecule has 3 heterocycles. The summed E-state index contributed by atoms with van der Waals surface area (Å²) in [7, 11) is 0. The number of piperidine rings is 1. The van der Waals surface area contributed by atoms with E-state index in [-0.39, 0.29) is 0 Å². The predicted molar refractivity (Wildman–Crippen MR) is 97.6 cm³/mol. The molecule has 0 atom stereocenters. The Balaban J connectivity index is 1.63. The van der Waals surface area contributed by atoms with Crippen molar-refractivity contribution in [1.82, 2.24) is 15.3 Å². The summed E-state index contributed by atoms with van der Waals surface area (Å²) in [4.78, 5) is 8.82. The second-order valence-corrected chi connectivity index (χ2v) is 6.44. The molecule has 0 aromatic carbocycles. The lowest BCUT2D eigenvalue weighted by atomic mass is 10.1. The zero-order chi connectivity index (χ0) is 16.1. The first-order chi connectivity index (χ1) is 11.2. The number of aromatic nitrogens is 1. The molecule has 0 bridgehead atoms. The molecule has 2 fully saturated rings. The third-order valence-corrected chi connectivity index (χ3v) is 4.74. The van der Waals surface area contributed by atoms with Crippen molar-refractivity contribution in [2.45, 2.75) is 32.1 Å². The number of nitrogens with zero attached hydrogens (tertiary/aromatic N) is 4. The number of hydrogen-bond donors (Lipinski definition) is 2. The third-order valence-electron chi connectivity index (χ3n) is 4.39. The predicted octanol–water partition coefficient (Wildman–Crippen LogP) is 1.66. The van der Waals surface area contributed by atoms with Crippen molar-refractivity contribution in [3.05, 3.63) is 24.0 Å². The molecule has 2 aliphatic rings. The molecule has 0 saturated carbocycles. The minimum Gasteiger partial charge on any atom is -0.380 e. The smallest absolute Gasteiger partial charge is 0.189 e. The van der Waals surface area contributed by atoms with Gasteiger partial charge >= 0.3 is 0 Å². The Morgan fingerprint density at radius 1 is 1.13 bits per heavy atom. The molecule has 3 N–H and O–H groups in total. The molecular formula is C16H24N6S. The highest BCUT2D eigenvalue weighted by molar-refractivity contribution is 7.80. The zero-order valence-electron chi connectivity index (χ0n) is 13.4. The second-order valence-electron chi connectivity index (χ2n) is 6.06. The van der Waals surface area contributed by atoms with Crippen LogP contribution in [0.25, 0.3) is 0 Å². The number of hydrazone groups is 1. The Hall–Kier alpha value is -1.89. The molecule has 2 saturated heterocycles. The monoisotopic (exact) mass is 332 g/mol. The van der Waals surface area contributed by atoms with Gasteiger partial charge in [-0.15, -0.1) is 0 Å². The average molecular weight is 332 g/mol. The fourth-order valence-corrected chi connectivity index (χ4v) is 3.29. The van der Waals surface area contributed by atoms with Crippen LogP contribution in [0.15, 0.2) is 23.4 Å². The molecule has 0 aliphatic carbocycles. The van der Waals surface area contributed by atoms with Crippen molar-refractivity contribution < 1.29 is 0 Å². The molecule has 23 heavy (non-hydrogen) atoms. The summed E-state index contributed by atoms with van der Waals surface area (Å²) >= 11 is 5.38. The van der Waals surface area contributed by atoms with E-state index >= 15 is 0 Å². The number of nitrogens with one attached hydrogen (secondary N) is 1. The minimum atomic E-state index is 0.366. The summed E-state index contributed by atoms with van der Waals surface area (Å²) < 4.78 is 0. The van der Waals surface area contributed by atoms with Gasteiger partial charge in [0, 0.05) is 38.1 Å². The first-order valence-electron chi connectivity index (χ1n) is 8.33. The molecule has 0 amide bonds. The van der Waals surface area contributed by atoms with Crippen molar-refractivity contribution in [3.8, 4) is 0 Å². The summed E-state index contributed by atoms with van der Waals surface area (Å²) in [5, 5.41) is 4.86. The van der Waals surface area contributed by atoms with Gasteiger partial charge in [0.2, 0.25) is 0 Å². The highest BCUT2D eigenvalue weighted by Gasteiger charge is 2.15. The van der Waals surface area contributed by atoms with Gasteiger partial charge in [-0.2, -0.15) is 5.10 Å². The molecular weight excluding hydrogens is 308 g/mol. The molecule has 124 valence electrons. The van der Waals surface area contributed by atoms with Crippen LogP contribution in [-0.2, 0) is 0 Å². The topological polar surface area (TPSA) is 69.8 Å². The largest absolute Gasteiger partial charge is 0.380 e. The quantitative estimate of drug-likeness (QED) is 0.380. The summed E-state index contributed by atoms with van der Waals surface area (Å²) in [6.07, 6.45) is 7.91. The van der Waals surface area contributed by atoms with Crippen LogP contribution in [0.1, 0.15) is 37.8 Å². The van der Waals surface area contributed by atoms with E-state index < -0.39 is 0 Å². The minimum absolute atomic E-state index is 0.366. The van der Waals surface area contributed by atoms with Gasteiger partial charge in [-0.3, -0.25) is 10.4 Å². The normalized spacial score (nSPS) is 19.0. The molecule has 2 aliphatic heterocycles. The zero-order valence-corrected chi connectivity index (χ0v) is 14.2. The Kier molecular flexibility index (Phi) is 5.27. The van der Waals surface area contributed by atoms with Gasteiger partial charge in [0.15, 0.2) is 10.9 Å². The van der Waals surface area contributed by atoms with E-state index in [1.807, 2.05) is 12.1 Å². The second kappa shape index (κ2) is 7.59. The highest BCUT2D eigenvalue weighted by Crippen LogP contribution is 2.19. The summed E-state index contributed by atoms with van der Waals surface area (Å²) in [6, 6.07) is 4.02. The fourth-order valence-electron chi connectivity index (χ4n) is 3.06. The standard InChI is InChI=1S/C16H24N6S/c17-15(19-20-16(23)22-10-2-1-3-11-22)14-12-13(6-7-18-14)21-8-4-5-9-21/h6-7,12H,1-5,8-11H2,(H2,17,19)(H,20,23). The number of hydrogen-bond acceptors (Lipinski definition) is 4. The average Bonchev–Trinajstić information content (AvgIpc) is 3.15. The van der Waals surface area contributed by atoms with Crippen LogP contribution >= 0.6 is 12.2 Å². The summed E-state index contributed by atoms with van der Waals surface area (Å²) in [5.74, 6) is 0.366. The van der Waals surface area contributed by atoms with Crippen LogP contribution in [0.5, 0.6) is 0 Å². The Bertz CT molecular complexity index is 576. The number of thiocarbonyl (C=S) groups is 1. The number of anilines is 1. The molecule has 6 nitrogen and oxygen atoms in total. The van der Waals surface area contributed by atoms with Crippen LogP contribution in [-0.4, -0.2) is 47.0 Å². The molecule has 3 rings (SSSR count). The van der Waals surface area contributed by atoms with Crippen LogP contribution < -0.4 is 16.1 Å². The van der Waals surface area contributed by atoms with Gasteiger partial charge in [-0.25, -0.2) is 0 Å². The van der Waals surface area contributed by atoms with E-state index in [1.54, 1.807) is 6.20 Å². The Morgan fingerprint density at radius 3 is 2.57 bits per heavy atom. The lowest BCUT2D eigenvalue weighted by Gasteiger charge is -2.28. The molecule has 0 radical (unpaired) electrons. The Morgan fingerprint density at radius 2 is 1.83 bits per heavy atom. The van der Waals surface area contributed by atoms with Gasteiger partial charge in [0.25, 0.3) is 0 Å². The number of rotatable bonds is 3. The molecule has 1 aromatic rings. The lowest BCUT2D eigenvalue weighted by Crippen LogP contribution is -2.41. The van der Waals surface area contributed by atoms with Gasteiger partial charge in [0.05, 0.1) is 0 Å². The number of nitrogens with two attached hydrogens (primary N) is 1. The van der Waals surface area contributed by atoms with Crippen LogP contribution in [0, 0.1) is 0 Å². The molecule has 0 spiro atoms. The van der Waals surface area contributed by atoms with Crippen LogP contribution in [0.2, 0.25) is 0 Å². The molecule has 0 unspecified atom stereocenters. The van der Waals surface area contributed by atoms with Gasteiger partial charge in [0.1, 0.15) is 5.69 Å². The van der Waals surface area contributed by atoms with Crippen molar-refractivity contribution in [2.75, 3.05) is 31.1 Å². The maximum absolute atomic E-state index is 6.07. The molecule has 7 heteroatoms. The van der Waals surface area contributed by atoms with E-state index in [1.165, 1.54) is 32.1 Å². The first-order valence-corrected chi connectivity index (χ1v) is 8.74. The maximum atomic E-state index is 6.07. The maximum Gasteiger partial charge on any atom is 0.189 e. The van der Waals surface area contributed by atoms with Gasteiger partial charge in [-0.05, 0) is 56.5 Å². The number of likely N-dealkylation sites (tertiary alicyclic amines) is 1. The number of amidine groups is 1. The lowest BCUT2D eigenvalue weighted by molar-refractivity contribution is 0.338.